The van der Waals surface area contributed by atoms with Gasteiger partial charge in [-0.3, -0.25) is 5.43 Å². The van der Waals surface area contributed by atoms with Crippen molar-refractivity contribution >= 4 is 17.8 Å². The van der Waals surface area contributed by atoms with Crippen LogP contribution in [0.3, 0.4) is 0 Å². The third kappa shape index (κ3) is 4.38. The van der Waals surface area contributed by atoms with Crippen molar-refractivity contribution in [3.8, 4) is 0 Å². The maximum Gasteiger partial charge on any atom is 0.243 e. The zero-order chi connectivity index (χ0) is 15.3. The smallest absolute Gasteiger partial charge is 0.243 e. The van der Waals surface area contributed by atoms with Crippen molar-refractivity contribution in [1.82, 2.24) is 15.0 Å². The molecule has 1 aliphatic rings. The summed E-state index contributed by atoms with van der Waals surface area (Å²) in [6, 6.07) is 0. The van der Waals surface area contributed by atoms with Crippen molar-refractivity contribution in [2.24, 2.45) is 5.84 Å². The number of nitrogen functional groups attached to an aromatic ring is 1. The highest BCUT2D eigenvalue weighted by molar-refractivity contribution is 5.43. The summed E-state index contributed by atoms with van der Waals surface area (Å²) < 4.78 is 0. The van der Waals surface area contributed by atoms with Crippen molar-refractivity contribution in [2.45, 2.75) is 31.8 Å². The highest BCUT2D eigenvalue weighted by Gasteiger charge is 2.20. The van der Waals surface area contributed by atoms with Crippen LogP contribution in [0, 0.1) is 0 Å². The molecule has 0 radical (unpaired) electrons. The van der Waals surface area contributed by atoms with Gasteiger partial charge in [-0.15, -0.1) is 0 Å². The van der Waals surface area contributed by atoms with E-state index in [0.717, 1.165) is 25.9 Å². The van der Waals surface area contributed by atoms with Crippen LogP contribution in [0.1, 0.15) is 26.2 Å². The molecule has 1 aromatic heterocycles. The standard InChI is InChI=1S/C12H23N7O2/c1-12(21,8-20)7-14-9-15-10(18-13)17-11(16-9)19-5-3-2-4-6-19/h20-21H,2-8,13H2,1H3,(H2,14,15,16,17,18). The van der Waals surface area contributed by atoms with Crippen LogP contribution in [0.15, 0.2) is 0 Å². The van der Waals surface area contributed by atoms with Gasteiger partial charge in [0.25, 0.3) is 0 Å². The Morgan fingerprint density at radius 1 is 1.19 bits per heavy atom. The largest absolute Gasteiger partial charge is 0.393 e. The molecule has 0 aliphatic carbocycles. The lowest BCUT2D eigenvalue weighted by atomic mass is 10.1. The van der Waals surface area contributed by atoms with Crippen molar-refractivity contribution in [1.29, 1.82) is 0 Å². The molecule has 6 N–H and O–H groups in total. The van der Waals surface area contributed by atoms with Crippen molar-refractivity contribution in [3.63, 3.8) is 0 Å². The van der Waals surface area contributed by atoms with Gasteiger partial charge in [-0.1, -0.05) is 0 Å². The number of nitrogens with one attached hydrogen (secondary N) is 2. The van der Waals surface area contributed by atoms with Crippen molar-refractivity contribution < 1.29 is 10.2 Å². The van der Waals surface area contributed by atoms with Gasteiger partial charge in [0.15, 0.2) is 0 Å². The summed E-state index contributed by atoms with van der Waals surface area (Å²) in [5.41, 5.74) is 1.18. The number of rotatable bonds is 6. The minimum Gasteiger partial charge on any atom is -0.393 e. The highest BCUT2D eigenvalue weighted by Crippen LogP contribution is 2.18. The van der Waals surface area contributed by atoms with E-state index in [2.05, 4.69) is 30.6 Å². The average Bonchev–Trinajstić information content (AvgIpc) is 2.53. The Balaban J connectivity index is 2.13. The topological polar surface area (TPSA) is 132 Å². The number of nitrogens with zero attached hydrogens (tertiary/aromatic N) is 4. The molecule has 9 nitrogen and oxygen atoms in total. The number of aromatic nitrogens is 3. The van der Waals surface area contributed by atoms with Gasteiger partial charge in [-0.25, -0.2) is 5.84 Å². The van der Waals surface area contributed by atoms with E-state index in [-0.39, 0.29) is 19.1 Å². The van der Waals surface area contributed by atoms with Crippen molar-refractivity contribution in [3.05, 3.63) is 0 Å². The number of piperidine rings is 1. The molecule has 1 fully saturated rings. The van der Waals surface area contributed by atoms with E-state index in [4.69, 9.17) is 10.9 Å². The van der Waals surface area contributed by atoms with Crippen LogP contribution in [0.25, 0.3) is 0 Å². The molecule has 0 aromatic carbocycles. The second-order valence-corrected chi connectivity index (χ2v) is 5.48. The van der Waals surface area contributed by atoms with Crippen LogP contribution in [0.5, 0.6) is 0 Å². The minimum atomic E-state index is -1.24. The predicted molar refractivity (Wildman–Crippen MR) is 79.9 cm³/mol. The molecule has 0 amide bonds. The lowest BCUT2D eigenvalue weighted by molar-refractivity contribution is 0.0131. The minimum absolute atomic E-state index is 0.122. The van der Waals surface area contributed by atoms with E-state index in [9.17, 15) is 5.11 Å². The second-order valence-electron chi connectivity index (χ2n) is 5.48. The monoisotopic (exact) mass is 297 g/mol. The Morgan fingerprint density at radius 2 is 1.86 bits per heavy atom. The van der Waals surface area contributed by atoms with Crippen LogP contribution >= 0.6 is 0 Å². The van der Waals surface area contributed by atoms with E-state index < -0.39 is 5.60 Å². The molecule has 2 heterocycles. The first-order valence-corrected chi connectivity index (χ1v) is 7.09. The molecule has 1 aromatic rings. The number of anilines is 3. The van der Waals surface area contributed by atoms with Gasteiger partial charge in [-0.05, 0) is 26.2 Å². The second kappa shape index (κ2) is 6.83. The zero-order valence-corrected chi connectivity index (χ0v) is 12.2. The van der Waals surface area contributed by atoms with Crippen LogP contribution in [0.4, 0.5) is 17.8 Å². The Hall–Kier alpha value is -1.71. The molecular formula is C12H23N7O2. The molecule has 1 unspecified atom stereocenters. The van der Waals surface area contributed by atoms with Gasteiger partial charge in [0.1, 0.15) is 5.60 Å². The maximum absolute atomic E-state index is 9.79. The molecule has 1 aliphatic heterocycles. The molecular weight excluding hydrogens is 274 g/mol. The fourth-order valence-corrected chi connectivity index (χ4v) is 2.07. The molecule has 1 saturated heterocycles. The highest BCUT2D eigenvalue weighted by atomic mass is 16.3. The van der Waals surface area contributed by atoms with Crippen LogP contribution in [-0.2, 0) is 0 Å². The molecule has 0 bridgehead atoms. The maximum atomic E-state index is 9.79. The summed E-state index contributed by atoms with van der Waals surface area (Å²) in [5.74, 6) is 6.52. The number of hydrogen-bond donors (Lipinski definition) is 5. The van der Waals surface area contributed by atoms with E-state index >= 15 is 0 Å². The lowest BCUT2D eigenvalue weighted by Crippen LogP contribution is -2.38. The lowest BCUT2D eigenvalue weighted by Gasteiger charge is -2.27. The van der Waals surface area contributed by atoms with Gasteiger partial charge in [-0.2, -0.15) is 15.0 Å². The van der Waals surface area contributed by atoms with Gasteiger partial charge in [0.05, 0.1) is 6.61 Å². The number of aliphatic hydroxyl groups is 2. The fraction of sp³-hybridized carbons (Fsp3) is 0.750. The molecule has 118 valence electrons. The average molecular weight is 297 g/mol. The van der Waals surface area contributed by atoms with Gasteiger partial charge in [0, 0.05) is 19.6 Å². The summed E-state index contributed by atoms with van der Waals surface area (Å²) in [4.78, 5) is 14.8. The first-order valence-electron chi connectivity index (χ1n) is 7.09. The predicted octanol–water partition coefficient (Wildman–Crippen LogP) is -0.697. The van der Waals surface area contributed by atoms with Gasteiger partial charge >= 0.3 is 0 Å². The quantitative estimate of drug-likeness (QED) is 0.341. The van der Waals surface area contributed by atoms with E-state index in [1.807, 2.05) is 0 Å². The van der Waals surface area contributed by atoms with Gasteiger partial charge < -0.3 is 20.4 Å². The SMILES string of the molecule is CC(O)(CO)CNc1nc(NN)nc(N2CCCCC2)n1. The zero-order valence-electron chi connectivity index (χ0n) is 12.2. The summed E-state index contributed by atoms with van der Waals surface area (Å²) in [7, 11) is 0. The summed E-state index contributed by atoms with van der Waals surface area (Å²) in [5, 5.41) is 21.7. The summed E-state index contributed by atoms with van der Waals surface area (Å²) in [6.45, 7) is 3.10. The number of hydrazine groups is 1. The number of hydrogen-bond acceptors (Lipinski definition) is 9. The Labute approximate surface area is 123 Å². The van der Waals surface area contributed by atoms with Crippen LogP contribution < -0.4 is 21.5 Å². The first kappa shape index (κ1) is 15.7. The van der Waals surface area contributed by atoms with Gasteiger partial charge in [0.2, 0.25) is 17.8 Å². The van der Waals surface area contributed by atoms with E-state index in [1.54, 1.807) is 0 Å². The normalized spacial score (nSPS) is 18.2. The Kier molecular flexibility index (Phi) is 5.10. The number of aliphatic hydroxyl groups excluding tert-OH is 1. The molecule has 0 spiro atoms. The third-order valence-electron chi connectivity index (χ3n) is 3.36. The van der Waals surface area contributed by atoms with Crippen LogP contribution in [-0.4, -0.2) is 57.0 Å². The molecule has 2 rings (SSSR count). The van der Waals surface area contributed by atoms with Crippen molar-refractivity contribution in [2.75, 3.05) is 41.9 Å². The van der Waals surface area contributed by atoms with E-state index in [0.29, 0.717) is 11.9 Å². The number of nitrogens with two attached hydrogens (primary N) is 1. The fourth-order valence-electron chi connectivity index (χ4n) is 2.07. The molecule has 0 saturated carbocycles. The Morgan fingerprint density at radius 3 is 2.48 bits per heavy atom. The van der Waals surface area contributed by atoms with Crippen LogP contribution in [0.2, 0.25) is 0 Å². The Bertz CT molecular complexity index is 463. The summed E-state index contributed by atoms with van der Waals surface area (Å²) >= 11 is 0. The molecule has 1 atom stereocenters. The summed E-state index contributed by atoms with van der Waals surface area (Å²) in [6.07, 6.45) is 3.44. The molecule has 9 heteroatoms. The van der Waals surface area contributed by atoms with E-state index in [1.165, 1.54) is 13.3 Å². The first-order chi connectivity index (χ1) is 10.0. The third-order valence-corrected chi connectivity index (χ3v) is 3.36. The molecule has 21 heavy (non-hydrogen) atoms.